The first kappa shape index (κ1) is 11.6. The number of carbonyl (C=O) groups is 1. The average Bonchev–Trinajstić information content (AvgIpc) is 2.83. The maximum absolute atomic E-state index is 10.5. The van der Waals surface area contributed by atoms with Crippen LogP contribution >= 0.6 is 0 Å². The summed E-state index contributed by atoms with van der Waals surface area (Å²) in [4.78, 5) is 10.5. The van der Waals surface area contributed by atoms with Gasteiger partial charge in [0.2, 0.25) is 0 Å². The Hall–Kier alpha value is -0.850. The molecule has 0 heterocycles. The Morgan fingerprint density at radius 1 is 1.56 bits per heavy atom. The Morgan fingerprint density at radius 2 is 2.31 bits per heavy atom. The van der Waals surface area contributed by atoms with Crippen molar-refractivity contribution in [1.82, 2.24) is 0 Å². The molecule has 88 valence electrons. The van der Waals surface area contributed by atoms with E-state index < -0.39 is 0 Å². The molecule has 0 aliphatic heterocycles. The molecule has 2 saturated carbocycles. The fourth-order valence-corrected chi connectivity index (χ4v) is 3.62. The zero-order chi connectivity index (χ0) is 11.8. The maximum Gasteiger partial charge on any atom is 0.145 e. The molecule has 0 amide bonds. The highest BCUT2D eigenvalue weighted by Gasteiger charge is 2.49. The van der Waals surface area contributed by atoms with Crippen LogP contribution in [0.5, 0.6) is 0 Å². The predicted molar refractivity (Wildman–Crippen MR) is 67.1 cm³/mol. The molecule has 2 aliphatic rings. The molecule has 0 saturated heterocycles. The summed E-state index contributed by atoms with van der Waals surface area (Å²) >= 11 is 0. The van der Waals surface area contributed by atoms with Crippen molar-refractivity contribution in [2.24, 2.45) is 17.3 Å². The Kier molecular flexibility index (Phi) is 3.05. The lowest BCUT2D eigenvalue weighted by Crippen LogP contribution is -2.26. The van der Waals surface area contributed by atoms with Crippen molar-refractivity contribution in [3.63, 3.8) is 0 Å². The van der Waals surface area contributed by atoms with Gasteiger partial charge < -0.3 is 0 Å². The molecule has 0 aromatic heterocycles. The summed E-state index contributed by atoms with van der Waals surface area (Å²) in [5.41, 5.74) is 2.70. The Labute approximate surface area is 98.6 Å². The van der Waals surface area contributed by atoms with Gasteiger partial charge in [0.1, 0.15) is 6.29 Å². The number of allylic oxidation sites excluding steroid dienone is 3. The van der Waals surface area contributed by atoms with Gasteiger partial charge in [0.05, 0.1) is 0 Å². The van der Waals surface area contributed by atoms with Crippen molar-refractivity contribution in [3.05, 3.63) is 23.8 Å². The van der Waals surface area contributed by atoms with Crippen molar-refractivity contribution in [2.75, 3.05) is 0 Å². The highest BCUT2D eigenvalue weighted by Crippen LogP contribution is 2.60. The van der Waals surface area contributed by atoms with Gasteiger partial charge in [-0.2, -0.15) is 0 Å². The molecule has 1 nitrogen and oxygen atoms in total. The summed E-state index contributed by atoms with van der Waals surface area (Å²) in [6.07, 6.45) is 9.31. The van der Waals surface area contributed by atoms with Crippen LogP contribution in [0.25, 0.3) is 0 Å². The van der Waals surface area contributed by atoms with Crippen LogP contribution in [0.1, 0.15) is 46.0 Å². The van der Waals surface area contributed by atoms with Gasteiger partial charge in [0.15, 0.2) is 0 Å². The van der Waals surface area contributed by atoms with Crippen LogP contribution in [0.2, 0.25) is 0 Å². The minimum absolute atomic E-state index is 0.350. The van der Waals surface area contributed by atoms with E-state index >= 15 is 0 Å². The quantitative estimate of drug-likeness (QED) is 0.397. The van der Waals surface area contributed by atoms with Gasteiger partial charge in [0, 0.05) is 0 Å². The fourth-order valence-electron chi connectivity index (χ4n) is 3.62. The minimum Gasteiger partial charge on any atom is -0.298 e. The third kappa shape index (κ3) is 1.77. The number of hydrogen-bond donors (Lipinski definition) is 0. The van der Waals surface area contributed by atoms with E-state index in [0.29, 0.717) is 5.41 Å². The van der Waals surface area contributed by atoms with Gasteiger partial charge in [-0.25, -0.2) is 0 Å². The second-order valence-corrected chi connectivity index (χ2v) is 5.75. The van der Waals surface area contributed by atoms with Gasteiger partial charge in [-0.3, -0.25) is 4.79 Å². The zero-order valence-corrected chi connectivity index (χ0v) is 10.5. The molecule has 2 aliphatic carbocycles. The fraction of sp³-hybridized carbons (Fsp3) is 0.667. The van der Waals surface area contributed by atoms with E-state index in [1.165, 1.54) is 24.8 Å². The molecule has 0 radical (unpaired) electrons. The molecule has 3 atom stereocenters. The number of hydrogen-bond acceptors (Lipinski definition) is 1. The van der Waals surface area contributed by atoms with Crippen LogP contribution < -0.4 is 0 Å². The molecular formula is C15H22O. The lowest BCUT2D eigenvalue weighted by molar-refractivity contribution is -0.104. The minimum atomic E-state index is 0.350. The molecule has 0 N–H and O–H groups in total. The van der Waals surface area contributed by atoms with Crippen molar-refractivity contribution >= 4 is 6.29 Å². The van der Waals surface area contributed by atoms with Crippen molar-refractivity contribution in [2.45, 2.75) is 46.0 Å². The van der Waals surface area contributed by atoms with Crippen LogP contribution in [0, 0.1) is 17.3 Å². The van der Waals surface area contributed by atoms with Gasteiger partial charge >= 0.3 is 0 Å². The predicted octanol–water partition coefficient (Wildman–Crippen LogP) is 3.90. The van der Waals surface area contributed by atoms with Gasteiger partial charge in [-0.1, -0.05) is 25.2 Å². The van der Waals surface area contributed by atoms with E-state index in [0.717, 1.165) is 36.5 Å². The average molecular weight is 218 g/mol. The number of carbonyl (C=O) groups excluding carboxylic acids is 1. The Balaban J connectivity index is 1.99. The van der Waals surface area contributed by atoms with E-state index in [4.69, 9.17) is 0 Å². The topological polar surface area (TPSA) is 17.1 Å². The highest BCUT2D eigenvalue weighted by atomic mass is 16.1. The SMILES string of the molecule is C=C1[C@@H]2CC[C@@H](C2)[C@@]1(C)CCC=C(C)C=O. The van der Waals surface area contributed by atoms with E-state index in [1.54, 1.807) is 0 Å². The van der Waals surface area contributed by atoms with Crippen LogP contribution in [0.3, 0.4) is 0 Å². The van der Waals surface area contributed by atoms with Crippen LogP contribution in [0.4, 0.5) is 0 Å². The lowest BCUT2D eigenvalue weighted by atomic mass is 9.69. The Bertz CT molecular complexity index is 339. The van der Waals surface area contributed by atoms with Crippen molar-refractivity contribution < 1.29 is 4.79 Å². The monoisotopic (exact) mass is 218 g/mol. The van der Waals surface area contributed by atoms with Gasteiger partial charge in [0.25, 0.3) is 0 Å². The summed E-state index contributed by atoms with van der Waals surface area (Å²) in [7, 11) is 0. The lowest BCUT2D eigenvalue weighted by Gasteiger charge is -2.36. The second kappa shape index (κ2) is 4.20. The van der Waals surface area contributed by atoms with E-state index in [9.17, 15) is 4.79 Å². The summed E-state index contributed by atoms with van der Waals surface area (Å²) in [6.45, 7) is 8.58. The molecule has 1 heteroatoms. The molecule has 0 spiro atoms. The van der Waals surface area contributed by atoms with E-state index in [-0.39, 0.29) is 0 Å². The van der Waals surface area contributed by atoms with Crippen molar-refractivity contribution in [1.29, 1.82) is 0 Å². The second-order valence-electron chi connectivity index (χ2n) is 5.75. The molecule has 16 heavy (non-hydrogen) atoms. The summed E-state index contributed by atoms with van der Waals surface area (Å²) in [6, 6.07) is 0. The maximum atomic E-state index is 10.5. The molecule has 0 aromatic carbocycles. The molecule has 0 aromatic rings. The first-order valence-electron chi connectivity index (χ1n) is 6.39. The molecule has 2 fully saturated rings. The van der Waals surface area contributed by atoms with Gasteiger partial charge in [-0.05, 0) is 61.9 Å². The van der Waals surface area contributed by atoms with E-state index in [2.05, 4.69) is 19.6 Å². The zero-order valence-electron chi connectivity index (χ0n) is 10.5. The first-order valence-corrected chi connectivity index (χ1v) is 6.39. The standard InChI is InChI=1S/C15H22O/c1-11(10-16)5-4-8-15(3)12(2)13-6-7-14(15)9-13/h5,10,13-14H,2,4,6-9H2,1,3H3/t13-,14+,15+/m1/s1. The van der Waals surface area contributed by atoms with Crippen LogP contribution in [0.15, 0.2) is 23.8 Å². The molecule has 2 rings (SSSR count). The summed E-state index contributed by atoms with van der Waals surface area (Å²) in [5, 5.41) is 0. The molecule has 2 bridgehead atoms. The number of aldehydes is 1. The summed E-state index contributed by atoms with van der Waals surface area (Å²) in [5.74, 6) is 1.65. The Morgan fingerprint density at radius 3 is 2.88 bits per heavy atom. The first-order chi connectivity index (χ1) is 7.58. The van der Waals surface area contributed by atoms with E-state index in [1.807, 2.05) is 6.92 Å². The molecule has 0 unspecified atom stereocenters. The summed E-state index contributed by atoms with van der Waals surface area (Å²) < 4.78 is 0. The van der Waals surface area contributed by atoms with Crippen molar-refractivity contribution in [3.8, 4) is 0 Å². The molecular weight excluding hydrogens is 196 g/mol. The third-order valence-electron chi connectivity index (χ3n) is 4.88. The largest absolute Gasteiger partial charge is 0.298 e. The number of fused-ring (bicyclic) bond motifs is 2. The normalized spacial score (nSPS) is 38.1. The van der Waals surface area contributed by atoms with Crippen LogP contribution in [-0.2, 0) is 4.79 Å². The van der Waals surface area contributed by atoms with Crippen LogP contribution in [-0.4, -0.2) is 6.29 Å². The number of rotatable bonds is 4. The third-order valence-corrected chi connectivity index (χ3v) is 4.88. The highest BCUT2D eigenvalue weighted by molar-refractivity contribution is 5.71. The smallest absolute Gasteiger partial charge is 0.145 e. The van der Waals surface area contributed by atoms with Gasteiger partial charge in [-0.15, -0.1) is 0 Å².